The molecule has 0 radical (unpaired) electrons. The molecule has 0 amide bonds. The molecule has 4 nitrogen and oxygen atoms in total. The second-order valence-electron chi connectivity index (χ2n) is 4.16. The fourth-order valence-corrected chi connectivity index (χ4v) is 1.90. The van der Waals surface area contributed by atoms with Crippen LogP contribution in [0.25, 0.3) is 0 Å². The van der Waals surface area contributed by atoms with Gasteiger partial charge < -0.3 is 5.32 Å². The maximum atomic E-state index is 4.31. The molecule has 2 aromatic rings. The fraction of sp³-hybridized carbons (Fsp3) is 0.231. The molecule has 0 atom stereocenters. The molecule has 1 aromatic heterocycles. The monoisotopic (exact) mass is 306 g/mol. The number of nitrogens with one attached hydrogen (secondary N) is 1. The third kappa shape index (κ3) is 3.43. The molecule has 0 aliphatic carbocycles. The highest BCUT2D eigenvalue weighted by Crippen LogP contribution is 2.12. The van der Waals surface area contributed by atoms with Crippen molar-refractivity contribution in [3.63, 3.8) is 0 Å². The van der Waals surface area contributed by atoms with Gasteiger partial charge in [0.15, 0.2) is 0 Å². The second-order valence-corrected chi connectivity index (χ2v) is 4.87. The maximum absolute atomic E-state index is 4.31. The van der Waals surface area contributed by atoms with E-state index in [2.05, 4.69) is 50.0 Å². The lowest BCUT2D eigenvalue weighted by Crippen LogP contribution is -2.11. The summed E-state index contributed by atoms with van der Waals surface area (Å²) in [6, 6.07) is 10.2. The summed E-state index contributed by atoms with van der Waals surface area (Å²) in [5, 5.41) is 7.53. The van der Waals surface area contributed by atoms with Gasteiger partial charge in [0.2, 0.25) is 10.7 Å². The molecule has 0 spiro atoms. The van der Waals surface area contributed by atoms with Gasteiger partial charge in [0.25, 0.3) is 0 Å². The predicted molar refractivity (Wildman–Crippen MR) is 76.6 cm³/mol. The third-order valence-corrected chi connectivity index (χ3v) is 2.71. The van der Waals surface area contributed by atoms with Crippen LogP contribution in [0.1, 0.15) is 12.5 Å². The number of benzene rings is 1. The summed E-state index contributed by atoms with van der Waals surface area (Å²) in [6.45, 7) is 7.22. The van der Waals surface area contributed by atoms with Crippen molar-refractivity contribution in [3.05, 3.63) is 52.8 Å². The van der Waals surface area contributed by atoms with Crippen molar-refractivity contribution in [2.24, 2.45) is 0 Å². The smallest absolute Gasteiger partial charge is 0.222 e. The maximum Gasteiger partial charge on any atom is 0.222 e. The summed E-state index contributed by atoms with van der Waals surface area (Å²) in [7, 11) is 0. The van der Waals surface area contributed by atoms with Crippen molar-refractivity contribution in [1.29, 1.82) is 0 Å². The van der Waals surface area contributed by atoms with Gasteiger partial charge in [-0.3, -0.25) is 0 Å². The molecule has 1 heterocycles. The van der Waals surface area contributed by atoms with Crippen molar-refractivity contribution in [2.75, 3.05) is 11.9 Å². The van der Waals surface area contributed by atoms with E-state index in [1.165, 1.54) is 5.56 Å². The number of hydrogen-bond acceptors (Lipinski definition) is 3. The molecule has 18 heavy (non-hydrogen) atoms. The molecule has 94 valence electrons. The van der Waals surface area contributed by atoms with Crippen LogP contribution in [0.2, 0.25) is 0 Å². The molecule has 1 N–H and O–H groups in total. The van der Waals surface area contributed by atoms with Crippen molar-refractivity contribution < 1.29 is 0 Å². The van der Waals surface area contributed by atoms with Crippen molar-refractivity contribution in [1.82, 2.24) is 14.8 Å². The van der Waals surface area contributed by atoms with Crippen molar-refractivity contribution in [2.45, 2.75) is 13.5 Å². The van der Waals surface area contributed by atoms with Gasteiger partial charge in [-0.25, -0.2) is 4.68 Å². The zero-order chi connectivity index (χ0) is 13.0. The average Bonchev–Trinajstić information content (AvgIpc) is 2.68. The van der Waals surface area contributed by atoms with Gasteiger partial charge in [-0.05, 0) is 28.4 Å². The molecule has 0 saturated carbocycles. The number of rotatable bonds is 5. The molecular formula is C13H15BrN4. The second kappa shape index (κ2) is 5.82. The molecular weight excluding hydrogens is 292 g/mol. The number of hydrogen-bond donors (Lipinski definition) is 1. The van der Waals surface area contributed by atoms with Gasteiger partial charge in [-0.2, -0.15) is 4.98 Å². The van der Waals surface area contributed by atoms with Crippen LogP contribution in [-0.2, 0) is 6.54 Å². The summed E-state index contributed by atoms with van der Waals surface area (Å²) in [4.78, 5) is 4.30. The lowest BCUT2D eigenvalue weighted by atomic mass is 10.2. The molecule has 5 heteroatoms. The van der Waals surface area contributed by atoms with E-state index in [4.69, 9.17) is 0 Å². The standard InChI is InChI=1S/C13H15BrN4/c1-10(2)8-15-13-16-12(14)17-18(13)9-11-6-4-3-5-7-11/h3-7H,1,8-9H2,2H3,(H,15,16,17). The van der Waals surface area contributed by atoms with E-state index in [9.17, 15) is 0 Å². The summed E-state index contributed by atoms with van der Waals surface area (Å²) in [5.41, 5.74) is 2.24. The van der Waals surface area contributed by atoms with Gasteiger partial charge in [-0.1, -0.05) is 42.5 Å². The van der Waals surface area contributed by atoms with Crippen LogP contribution in [-0.4, -0.2) is 21.3 Å². The minimum Gasteiger partial charge on any atom is -0.351 e. The Morgan fingerprint density at radius 3 is 2.78 bits per heavy atom. The van der Waals surface area contributed by atoms with Crippen molar-refractivity contribution in [3.8, 4) is 0 Å². The van der Waals surface area contributed by atoms with E-state index < -0.39 is 0 Å². The van der Waals surface area contributed by atoms with Crippen LogP contribution in [0, 0.1) is 0 Å². The minimum atomic E-state index is 0.586. The number of aromatic nitrogens is 3. The zero-order valence-corrected chi connectivity index (χ0v) is 11.8. The Morgan fingerprint density at radius 1 is 1.39 bits per heavy atom. The molecule has 0 aliphatic rings. The first kappa shape index (κ1) is 12.8. The summed E-state index contributed by atoms with van der Waals surface area (Å²) in [6.07, 6.45) is 0. The number of nitrogens with zero attached hydrogens (tertiary/aromatic N) is 3. The van der Waals surface area contributed by atoms with E-state index >= 15 is 0 Å². The summed E-state index contributed by atoms with van der Waals surface area (Å²) < 4.78 is 2.42. The molecule has 0 saturated heterocycles. The van der Waals surface area contributed by atoms with E-state index in [1.54, 1.807) is 0 Å². The van der Waals surface area contributed by atoms with Crippen LogP contribution in [0.4, 0.5) is 5.95 Å². The Morgan fingerprint density at radius 2 is 2.11 bits per heavy atom. The lowest BCUT2D eigenvalue weighted by molar-refractivity contribution is 0.686. The third-order valence-electron chi connectivity index (χ3n) is 2.37. The van der Waals surface area contributed by atoms with E-state index in [0.29, 0.717) is 17.8 Å². The van der Waals surface area contributed by atoms with Gasteiger partial charge in [-0.15, -0.1) is 5.10 Å². The largest absolute Gasteiger partial charge is 0.351 e. The number of halogens is 1. The van der Waals surface area contributed by atoms with Crippen LogP contribution >= 0.6 is 15.9 Å². The van der Waals surface area contributed by atoms with Crippen molar-refractivity contribution >= 4 is 21.9 Å². The molecule has 0 unspecified atom stereocenters. The average molecular weight is 307 g/mol. The summed E-state index contributed by atoms with van der Waals surface area (Å²) >= 11 is 3.30. The topological polar surface area (TPSA) is 42.7 Å². The molecule has 1 aromatic carbocycles. The van der Waals surface area contributed by atoms with Gasteiger partial charge in [0.1, 0.15) is 0 Å². The lowest BCUT2D eigenvalue weighted by Gasteiger charge is -2.07. The normalized spacial score (nSPS) is 10.3. The Bertz CT molecular complexity index is 533. The van der Waals surface area contributed by atoms with E-state index in [-0.39, 0.29) is 0 Å². The Balaban J connectivity index is 2.14. The highest BCUT2D eigenvalue weighted by Gasteiger charge is 2.07. The van der Waals surface area contributed by atoms with Gasteiger partial charge in [0, 0.05) is 6.54 Å². The first-order valence-corrected chi connectivity index (χ1v) is 6.47. The Kier molecular flexibility index (Phi) is 4.15. The Labute approximate surface area is 115 Å². The molecule has 0 bridgehead atoms. The highest BCUT2D eigenvalue weighted by atomic mass is 79.9. The SMILES string of the molecule is C=C(C)CNc1nc(Br)nn1Cc1ccccc1. The van der Waals surface area contributed by atoms with Gasteiger partial charge >= 0.3 is 0 Å². The predicted octanol–water partition coefficient (Wildman–Crippen LogP) is 3.08. The quantitative estimate of drug-likeness (QED) is 0.863. The first-order valence-electron chi connectivity index (χ1n) is 5.67. The highest BCUT2D eigenvalue weighted by molar-refractivity contribution is 9.10. The molecule has 2 rings (SSSR count). The number of anilines is 1. The summed E-state index contributed by atoms with van der Waals surface area (Å²) in [5.74, 6) is 0.744. The molecule has 0 fully saturated rings. The van der Waals surface area contributed by atoms with Gasteiger partial charge in [0.05, 0.1) is 6.54 Å². The van der Waals surface area contributed by atoms with E-state index in [0.717, 1.165) is 11.5 Å². The van der Waals surface area contributed by atoms with Crippen LogP contribution in [0.3, 0.4) is 0 Å². The van der Waals surface area contributed by atoms with Crippen LogP contribution in [0.15, 0.2) is 47.2 Å². The first-order chi connectivity index (χ1) is 8.65. The van der Waals surface area contributed by atoms with E-state index in [1.807, 2.05) is 29.8 Å². The van der Waals surface area contributed by atoms with Crippen LogP contribution in [0.5, 0.6) is 0 Å². The fourth-order valence-electron chi connectivity index (χ4n) is 1.54. The zero-order valence-electron chi connectivity index (χ0n) is 10.2. The Hall–Kier alpha value is -1.62. The molecule has 0 aliphatic heterocycles. The minimum absolute atomic E-state index is 0.586. The van der Waals surface area contributed by atoms with Crippen LogP contribution < -0.4 is 5.32 Å².